The second kappa shape index (κ2) is 5.28. The van der Waals surface area contributed by atoms with Crippen LogP contribution in [0.25, 0.3) is 10.9 Å². The minimum Gasteiger partial charge on any atom is -0.476 e. The van der Waals surface area contributed by atoms with Crippen molar-refractivity contribution in [1.82, 2.24) is 14.9 Å². The van der Waals surface area contributed by atoms with Gasteiger partial charge < -0.3 is 14.4 Å². The smallest absolute Gasteiger partial charge is 0.357 e. The number of carboxylic acids is 1. The van der Waals surface area contributed by atoms with Gasteiger partial charge in [0.1, 0.15) is 5.76 Å². The fourth-order valence-corrected chi connectivity index (χ4v) is 2.57. The number of carboxylic acid groups (broad SMARTS) is 1. The lowest BCUT2D eigenvalue weighted by atomic mass is 10.2. The second-order valence-electron chi connectivity index (χ2n) is 5.07. The lowest BCUT2D eigenvalue weighted by molar-refractivity contribution is 0.0689. The van der Waals surface area contributed by atoms with E-state index in [1.807, 2.05) is 0 Å². The summed E-state index contributed by atoms with van der Waals surface area (Å²) in [7, 11) is 0. The maximum Gasteiger partial charge on any atom is 0.357 e. The number of ether oxygens (including phenoxy) is 1. The van der Waals surface area contributed by atoms with Gasteiger partial charge in [0.15, 0.2) is 11.2 Å². The van der Waals surface area contributed by atoms with Gasteiger partial charge in [-0.3, -0.25) is 4.79 Å². The molecule has 3 rings (SSSR count). The van der Waals surface area contributed by atoms with E-state index in [1.54, 1.807) is 6.92 Å². The van der Waals surface area contributed by atoms with Crippen LogP contribution in [0.3, 0.4) is 0 Å². The Labute approximate surface area is 119 Å². The van der Waals surface area contributed by atoms with Crippen LogP contribution in [-0.2, 0) is 11.3 Å². The molecule has 1 aliphatic heterocycles. The fraction of sp³-hybridized carbons (Fsp3) is 0.538. The summed E-state index contributed by atoms with van der Waals surface area (Å²) in [5.74, 6) is -0.935. The first kappa shape index (κ1) is 13.7. The molecule has 3 heterocycles. The van der Waals surface area contributed by atoms with Crippen molar-refractivity contribution < 1.29 is 19.2 Å². The van der Waals surface area contributed by atoms with Crippen LogP contribution in [0.4, 0.5) is 0 Å². The van der Waals surface area contributed by atoms with Gasteiger partial charge in [-0.25, -0.2) is 9.48 Å². The number of aryl methyl sites for hydroxylation is 2. The zero-order valence-electron chi connectivity index (χ0n) is 11.5. The first-order chi connectivity index (χ1) is 10.1. The normalized spacial score (nSPS) is 18.4. The van der Waals surface area contributed by atoms with E-state index >= 15 is 0 Å². The van der Waals surface area contributed by atoms with E-state index in [0.717, 1.165) is 24.1 Å². The zero-order valence-corrected chi connectivity index (χ0v) is 11.5. The van der Waals surface area contributed by atoms with Gasteiger partial charge in [-0.15, -0.1) is 0 Å². The van der Waals surface area contributed by atoms with E-state index in [4.69, 9.17) is 9.26 Å². The number of hydrogen-bond donors (Lipinski definition) is 1. The Morgan fingerprint density at radius 2 is 2.33 bits per heavy atom. The van der Waals surface area contributed by atoms with Crippen LogP contribution in [0.2, 0.25) is 0 Å². The molecule has 112 valence electrons. The summed E-state index contributed by atoms with van der Waals surface area (Å²) in [6.07, 6.45) is 2.68. The molecule has 1 aliphatic rings. The van der Waals surface area contributed by atoms with E-state index in [1.165, 1.54) is 0 Å². The summed E-state index contributed by atoms with van der Waals surface area (Å²) in [4.78, 5) is 23.6. The first-order valence-corrected chi connectivity index (χ1v) is 6.80. The molecule has 0 aliphatic carbocycles. The number of aromatic carboxylic acids is 1. The molecular formula is C13H15N3O5. The predicted octanol–water partition coefficient (Wildman–Crippen LogP) is 0.960. The third kappa shape index (κ3) is 2.42. The van der Waals surface area contributed by atoms with Gasteiger partial charge >= 0.3 is 5.97 Å². The molecule has 8 heteroatoms. The largest absolute Gasteiger partial charge is 0.476 e. The van der Waals surface area contributed by atoms with E-state index in [-0.39, 0.29) is 28.5 Å². The van der Waals surface area contributed by atoms with Crippen LogP contribution in [0, 0.1) is 6.92 Å². The Morgan fingerprint density at radius 3 is 3.00 bits per heavy atom. The number of rotatable bonds is 4. The Kier molecular flexibility index (Phi) is 3.46. The molecule has 0 saturated carbocycles. The zero-order chi connectivity index (χ0) is 15.0. The Morgan fingerprint density at radius 1 is 1.52 bits per heavy atom. The van der Waals surface area contributed by atoms with Crippen LogP contribution in [0.15, 0.2) is 9.32 Å². The number of carbonyl (C=O) groups is 1. The van der Waals surface area contributed by atoms with Gasteiger partial charge in [-0.2, -0.15) is 5.10 Å². The van der Waals surface area contributed by atoms with E-state index in [2.05, 4.69) is 10.3 Å². The monoisotopic (exact) mass is 293 g/mol. The van der Waals surface area contributed by atoms with E-state index in [9.17, 15) is 14.7 Å². The minimum atomic E-state index is -1.21. The van der Waals surface area contributed by atoms with Crippen molar-refractivity contribution in [1.29, 1.82) is 0 Å². The molecular weight excluding hydrogens is 278 g/mol. The van der Waals surface area contributed by atoms with Gasteiger partial charge in [0, 0.05) is 13.2 Å². The maximum atomic E-state index is 12.3. The quantitative estimate of drug-likeness (QED) is 0.894. The topological polar surface area (TPSA) is 107 Å². The molecule has 0 spiro atoms. The van der Waals surface area contributed by atoms with Gasteiger partial charge in [0.25, 0.3) is 5.56 Å². The van der Waals surface area contributed by atoms with E-state index < -0.39 is 11.5 Å². The first-order valence-electron chi connectivity index (χ1n) is 6.80. The third-order valence-electron chi connectivity index (χ3n) is 3.65. The summed E-state index contributed by atoms with van der Waals surface area (Å²) in [5.41, 5.74) is -0.646. The van der Waals surface area contributed by atoms with Crippen molar-refractivity contribution in [3.8, 4) is 0 Å². The molecule has 0 radical (unpaired) electrons. The lowest BCUT2D eigenvalue weighted by Gasteiger charge is -2.10. The Balaban J connectivity index is 2.00. The minimum absolute atomic E-state index is 0.00670. The van der Waals surface area contributed by atoms with Gasteiger partial charge in [-0.05, 0) is 26.2 Å². The molecule has 0 bridgehead atoms. The van der Waals surface area contributed by atoms with E-state index in [0.29, 0.717) is 13.0 Å². The third-order valence-corrected chi connectivity index (χ3v) is 3.65. The van der Waals surface area contributed by atoms with Crippen LogP contribution in [0.5, 0.6) is 0 Å². The number of fused-ring (bicyclic) bond motifs is 1. The van der Waals surface area contributed by atoms with Crippen molar-refractivity contribution in [2.24, 2.45) is 0 Å². The van der Waals surface area contributed by atoms with Gasteiger partial charge in [-0.1, -0.05) is 5.16 Å². The molecule has 1 saturated heterocycles. The molecule has 1 atom stereocenters. The molecule has 8 nitrogen and oxygen atoms in total. The number of hydrogen-bond acceptors (Lipinski definition) is 6. The summed E-state index contributed by atoms with van der Waals surface area (Å²) < 4.78 is 11.6. The lowest BCUT2D eigenvalue weighted by Crippen LogP contribution is -2.27. The summed E-state index contributed by atoms with van der Waals surface area (Å²) in [6.45, 7) is 2.58. The highest BCUT2D eigenvalue weighted by molar-refractivity contribution is 6.00. The van der Waals surface area contributed by atoms with Crippen molar-refractivity contribution in [2.45, 2.75) is 38.8 Å². The SMILES string of the molecule is Cc1onc2c(=O)n(CCC3CCCO3)nc(C(=O)O)c12. The van der Waals surface area contributed by atoms with Crippen LogP contribution in [-0.4, -0.2) is 38.7 Å². The average Bonchev–Trinajstić information content (AvgIpc) is 3.08. The highest BCUT2D eigenvalue weighted by atomic mass is 16.5. The fourth-order valence-electron chi connectivity index (χ4n) is 2.57. The van der Waals surface area contributed by atoms with Gasteiger partial charge in [0.05, 0.1) is 11.5 Å². The second-order valence-corrected chi connectivity index (χ2v) is 5.07. The summed E-state index contributed by atoms with van der Waals surface area (Å²) in [6, 6.07) is 0. The summed E-state index contributed by atoms with van der Waals surface area (Å²) >= 11 is 0. The van der Waals surface area contributed by atoms with Gasteiger partial charge in [0.2, 0.25) is 0 Å². The molecule has 1 N–H and O–H groups in total. The van der Waals surface area contributed by atoms with Crippen molar-refractivity contribution >= 4 is 16.9 Å². The standard InChI is InChI=1S/C13H15N3O5/c1-7-9-10(15-21-7)12(17)16(14-11(9)13(18)19)5-4-8-3-2-6-20-8/h8H,2-6H2,1H3,(H,18,19). The van der Waals surface area contributed by atoms with Crippen LogP contribution >= 0.6 is 0 Å². The average molecular weight is 293 g/mol. The molecule has 2 aromatic heterocycles. The highest BCUT2D eigenvalue weighted by Crippen LogP contribution is 2.19. The van der Waals surface area contributed by atoms with Crippen molar-refractivity contribution in [3.63, 3.8) is 0 Å². The van der Waals surface area contributed by atoms with Crippen molar-refractivity contribution in [2.75, 3.05) is 6.61 Å². The molecule has 1 fully saturated rings. The number of aromatic nitrogens is 3. The molecule has 0 aromatic carbocycles. The van der Waals surface area contributed by atoms with Crippen LogP contribution < -0.4 is 5.56 Å². The number of nitrogens with zero attached hydrogens (tertiary/aromatic N) is 3. The molecule has 21 heavy (non-hydrogen) atoms. The molecule has 0 amide bonds. The van der Waals surface area contributed by atoms with Crippen LogP contribution in [0.1, 0.15) is 35.5 Å². The highest BCUT2D eigenvalue weighted by Gasteiger charge is 2.22. The Bertz CT molecular complexity index is 742. The predicted molar refractivity (Wildman–Crippen MR) is 71.4 cm³/mol. The Hall–Kier alpha value is -2.22. The molecule has 1 unspecified atom stereocenters. The summed E-state index contributed by atoms with van der Waals surface area (Å²) in [5, 5.41) is 17.0. The maximum absolute atomic E-state index is 12.3. The van der Waals surface area contributed by atoms with Crippen molar-refractivity contribution in [3.05, 3.63) is 21.8 Å². The molecule has 2 aromatic rings.